The second-order valence-corrected chi connectivity index (χ2v) is 9.51. The van der Waals surface area contributed by atoms with Gasteiger partial charge in [-0.25, -0.2) is 4.79 Å². The van der Waals surface area contributed by atoms with Gasteiger partial charge in [-0.05, 0) is 36.8 Å². The second-order valence-electron chi connectivity index (χ2n) is 8.41. The molecule has 1 aromatic heterocycles. The van der Waals surface area contributed by atoms with Gasteiger partial charge in [0.1, 0.15) is 17.1 Å². The van der Waals surface area contributed by atoms with Crippen molar-refractivity contribution in [3.8, 4) is 0 Å². The van der Waals surface area contributed by atoms with Gasteiger partial charge in [0.25, 0.3) is 23.4 Å². The lowest BCUT2D eigenvalue weighted by Gasteiger charge is -2.18. The maximum Gasteiger partial charge on any atom is 0.341 e. The summed E-state index contributed by atoms with van der Waals surface area (Å²) in [7, 11) is 1.25. The van der Waals surface area contributed by atoms with E-state index in [0.717, 1.165) is 29.3 Å². The van der Waals surface area contributed by atoms with Crippen LogP contribution in [0.2, 0.25) is 0 Å². The highest BCUT2D eigenvalue weighted by molar-refractivity contribution is 7.17. The fraction of sp³-hybridized carbons (Fsp3) is 0.348. The number of thiophene rings is 1. The highest BCUT2D eigenvalue weighted by Crippen LogP contribution is 2.40. The number of hydrogen-bond acceptors (Lipinski definition) is 10. The lowest BCUT2D eigenvalue weighted by molar-refractivity contribution is -0.385. The van der Waals surface area contributed by atoms with Crippen LogP contribution in [0, 0.1) is 16.0 Å². The number of carbonyl (C=O) groups is 5. The zero-order valence-corrected chi connectivity index (χ0v) is 20.1. The number of hydrogen-bond donors (Lipinski definition) is 1. The summed E-state index contributed by atoms with van der Waals surface area (Å²) in [5, 5.41) is 14.1. The lowest BCUT2D eigenvalue weighted by Crippen LogP contribution is -2.36. The number of nitrogens with zero attached hydrogens (tertiary/aromatic N) is 2. The number of rotatable bonds is 7. The zero-order valence-electron chi connectivity index (χ0n) is 19.3. The Hall–Kier alpha value is -4.13. The third kappa shape index (κ3) is 4.56. The predicted molar refractivity (Wildman–Crippen MR) is 125 cm³/mol. The van der Waals surface area contributed by atoms with Crippen LogP contribution >= 0.6 is 11.3 Å². The van der Waals surface area contributed by atoms with Gasteiger partial charge in [0.2, 0.25) is 0 Å². The molecule has 0 saturated carbocycles. The number of amides is 3. The van der Waals surface area contributed by atoms with Gasteiger partial charge in [0.05, 0.1) is 23.2 Å². The summed E-state index contributed by atoms with van der Waals surface area (Å²) in [4.78, 5) is 74.1. The summed E-state index contributed by atoms with van der Waals surface area (Å²) in [6.07, 6.45) is 2.35. The van der Waals surface area contributed by atoms with Gasteiger partial charge in [0, 0.05) is 10.9 Å². The quantitative estimate of drug-likeness (QED) is 0.252. The van der Waals surface area contributed by atoms with Gasteiger partial charge in [-0.1, -0.05) is 13.0 Å². The average Bonchev–Trinajstić information content (AvgIpc) is 3.31. The van der Waals surface area contributed by atoms with E-state index in [9.17, 15) is 34.1 Å². The standard InChI is InChI=1S/C23H21N3O9S/c1-11-6-7-12-15(8-11)36-20(19(12)23(31)34-2)24-16(27)10-35-17(28)9-25-21(29)13-4-3-5-14(26(32)33)18(13)22(25)30/h3-5,11H,6-10H2,1-2H3,(H,24,27)/t11-/m1/s1. The van der Waals surface area contributed by atoms with Crippen molar-refractivity contribution >= 4 is 51.7 Å². The minimum absolute atomic E-state index is 0.189. The van der Waals surface area contributed by atoms with Crippen LogP contribution in [-0.2, 0) is 31.9 Å². The maximum absolute atomic E-state index is 12.6. The van der Waals surface area contributed by atoms with Crippen LogP contribution in [-0.4, -0.2) is 59.7 Å². The molecule has 3 amide bonds. The Morgan fingerprint density at radius 3 is 2.69 bits per heavy atom. The molecular formula is C23H21N3O9S. The molecule has 0 radical (unpaired) electrons. The van der Waals surface area contributed by atoms with E-state index in [1.807, 2.05) is 0 Å². The van der Waals surface area contributed by atoms with Crippen molar-refractivity contribution in [3.05, 3.63) is 55.4 Å². The van der Waals surface area contributed by atoms with Crippen molar-refractivity contribution < 1.29 is 38.4 Å². The molecule has 188 valence electrons. The lowest BCUT2D eigenvalue weighted by atomic mass is 9.88. The van der Waals surface area contributed by atoms with Crippen molar-refractivity contribution in [2.45, 2.75) is 26.2 Å². The molecule has 0 fully saturated rings. The summed E-state index contributed by atoms with van der Waals surface area (Å²) in [5.41, 5.74) is -0.000344. The molecule has 0 saturated heterocycles. The first kappa shape index (κ1) is 25.0. The molecule has 1 aromatic carbocycles. The van der Waals surface area contributed by atoms with Crippen molar-refractivity contribution in [1.82, 2.24) is 4.90 Å². The number of nitro groups is 1. The molecule has 0 spiro atoms. The van der Waals surface area contributed by atoms with Gasteiger partial charge in [-0.2, -0.15) is 0 Å². The number of fused-ring (bicyclic) bond motifs is 2. The smallest absolute Gasteiger partial charge is 0.341 e. The van der Waals surface area contributed by atoms with E-state index < -0.39 is 59.0 Å². The third-order valence-corrected chi connectivity index (χ3v) is 7.15. The number of imide groups is 1. The van der Waals surface area contributed by atoms with Gasteiger partial charge in [0.15, 0.2) is 6.61 Å². The Labute approximate surface area is 208 Å². The van der Waals surface area contributed by atoms with Crippen molar-refractivity contribution in [3.63, 3.8) is 0 Å². The number of benzene rings is 1. The van der Waals surface area contributed by atoms with Crippen molar-refractivity contribution in [2.24, 2.45) is 5.92 Å². The van der Waals surface area contributed by atoms with Crippen LogP contribution in [0.15, 0.2) is 18.2 Å². The number of carbonyl (C=O) groups excluding carboxylic acids is 5. The number of ether oxygens (including phenoxy) is 2. The minimum atomic E-state index is -1.06. The molecule has 2 heterocycles. The van der Waals surface area contributed by atoms with Gasteiger partial charge >= 0.3 is 11.9 Å². The fourth-order valence-electron chi connectivity index (χ4n) is 4.25. The Morgan fingerprint density at radius 2 is 2.00 bits per heavy atom. The molecule has 0 bridgehead atoms. The minimum Gasteiger partial charge on any atom is -0.465 e. The number of anilines is 1. The van der Waals surface area contributed by atoms with Gasteiger partial charge in [-0.15, -0.1) is 11.3 Å². The van der Waals surface area contributed by atoms with E-state index in [2.05, 4.69) is 12.2 Å². The van der Waals surface area contributed by atoms with Crippen molar-refractivity contribution in [2.75, 3.05) is 25.6 Å². The Bertz CT molecular complexity index is 1320. The summed E-state index contributed by atoms with van der Waals surface area (Å²) in [6, 6.07) is 3.60. The van der Waals surface area contributed by atoms with E-state index >= 15 is 0 Å². The predicted octanol–water partition coefficient (Wildman–Crippen LogP) is 2.35. The maximum atomic E-state index is 12.6. The molecule has 36 heavy (non-hydrogen) atoms. The second kappa shape index (κ2) is 9.85. The van der Waals surface area contributed by atoms with Crippen LogP contribution in [0.3, 0.4) is 0 Å². The molecule has 2 aliphatic rings. The van der Waals surface area contributed by atoms with E-state index in [4.69, 9.17) is 9.47 Å². The topological polar surface area (TPSA) is 162 Å². The number of nitrogens with one attached hydrogen (secondary N) is 1. The zero-order chi connectivity index (χ0) is 26.1. The molecule has 12 nitrogen and oxygen atoms in total. The van der Waals surface area contributed by atoms with Crippen LogP contribution in [0.4, 0.5) is 10.7 Å². The number of nitro benzene ring substituents is 1. The van der Waals surface area contributed by atoms with Gasteiger partial charge in [-0.3, -0.25) is 34.2 Å². The molecule has 4 rings (SSSR count). The van der Waals surface area contributed by atoms with Crippen LogP contribution in [0.1, 0.15) is 54.9 Å². The molecule has 1 aliphatic carbocycles. The van der Waals surface area contributed by atoms with Crippen LogP contribution < -0.4 is 5.32 Å². The monoisotopic (exact) mass is 515 g/mol. The summed E-state index contributed by atoms with van der Waals surface area (Å²) < 4.78 is 9.79. The Morgan fingerprint density at radius 1 is 1.25 bits per heavy atom. The van der Waals surface area contributed by atoms with E-state index in [-0.39, 0.29) is 11.1 Å². The molecular weight excluding hydrogens is 494 g/mol. The number of methoxy groups -OCH3 is 1. The molecule has 13 heteroatoms. The molecule has 1 atom stereocenters. The Balaban J connectivity index is 1.40. The first-order valence-electron chi connectivity index (χ1n) is 10.9. The highest BCUT2D eigenvalue weighted by Gasteiger charge is 2.42. The first-order chi connectivity index (χ1) is 17.1. The van der Waals surface area contributed by atoms with Crippen LogP contribution in [0.25, 0.3) is 0 Å². The van der Waals surface area contributed by atoms with E-state index in [0.29, 0.717) is 22.2 Å². The highest BCUT2D eigenvalue weighted by atomic mass is 32.1. The average molecular weight is 516 g/mol. The van der Waals surface area contributed by atoms with E-state index in [1.54, 1.807) is 0 Å². The van der Waals surface area contributed by atoms with Crippen molar-refractivity contribution in [1.29, 1.82) is 0 Å². The summed E-state index contributed by atoms with van der Waals surface area (Å²) in [5.74, 6) is -3.79. The largest absolute Gasteiger partial charge is 0.465 e. The molecule has 2 aromatic rings. The first-order valence-corrected chi connectivity index (χ1v) is 11.8. The SMILES string of the molecule is COC(=O)c1c(NC(=O)COC(=O)CN2C(=O)c3cccc([N+](=O)[O-])c3C2=O)sc2c1CC[C@@H](C)C2. The third-order valence-electron chi connectivity index (χ3n) is 5.98. The van der Waals surface area contributed by atoms with E-state index in [1.165, 1.54) is 30.6 Å². The molecule has 0 unspecified atom stereocenters. The fourth-order valence-corrected chi connectivity index (χ4v) is 5.67. The van der Waals surface area contributed by atoms with Gasteiger partial charge < -0.3 is 14.8 Å². The Kier molecular flexibility index (Phi) is 6.84. The summed E-state index contributed by atoms with van der Waals surface area (Å²) in [6.45, 7) is 0.544. The summed E-state index contributed by atoms with van der Waals surface area (Å²) >= 11 is 1.27. The normalized spacial score (nSPS) is 16.3. The molecule has 1 aliphatic heterocycles. The van der Waals surface area contributed by atoms with Crippen LogP contribution in [0.5, 0.6) is 0 Å². The number of esters is 2. The molecule has 1 N–H and O–H groups in total.